The average Bonchev–Trinajstić information content (AvgIpc) is 3.63. The first-order chi connectivity index (χ1) is 33.7. The number of benzene rings is 6. The fraction of sp³-hybridized carbons (Fsp3) is 0.231. The molecule has 2 atom stereocenters. The number of hydrogen-bond donors (Lipinski definition) is 3. The van der Waals surface area contributed by atoms with Crippen molar-refractivity contribution in [2.24, 2.45) is 10.2 Å². The van der Waals surface area contributed by atoms with E-state index in [1.165, 1.54) is 68.8 Å². The molecule has 0 aromatic heterocycles. The number of amides is 4. The Morgan fingerprint density at radius 2 is 1.16 bits per heavy atom. The van der Waals surface area contributed by atoms with Crippen molar-refractivity contribution >= 4 is 52.4 Å². The number of ether oxygens (including phenoxy) is 4. The lowest BCUT2D eigenvalue weighted by Gasteiger charge is -2.28. The van der Waals surface area contributed by atoms with Gasteiger partial charge >= 0.3 is 12.1 Å². The highest BCUT2D eigenvalue weighted by Crippen LogP contribution is 2.39. The molecule has 8 rings (SSSR count). The number of hydrazone groups is 2. The minimum atomic E-state index is -0.557. The molecule has 0 saturated carbocycles. The number of fused-ring (bicyclic) bond motifs is 2. The molecule has 2 aliphatic heterocycles. The Kier molecular flexibility index (Phi) is 15.4. The number of hydrogen-bond acceptors (Lipinski definition) is 10. The standard InChI is InChI=1S/2C26H26F2N4O3/c1-16-13-20-17(14-23(34-3)25(35-4)24(20)28)15-29-32(16)26(33)31(2)19-11-9-18(10-12-19)30-22-8-6-5-7-21(22)27;1-15-13-18-19(14-22(34-3)25(35-4)23(18)28)24(31-32(15)26(33)29-2)16-9-11-17(12-10-16)30-21-8-6-5-7-20(21)27/h5-12,14-16,30H,13H2,1-4H3;5-12,14-15,30H,13H2,1-4H3,(H,29,33)/t;15-/m.0/s1. The number of urea groups is 2. The minimum absolute atomic E-state index is 0.00405. The zero-order valence-corrected chi connectivity index (χ0v) is 39.7. The highest BCUT2D eigenvalue weighted by Gasteiger charge is 2.33. The van der Waals surface area contributed by atoms with E-state index in [0.717, 1.165) is 0 Å². The topological polar surface area (TPSA) is 142 Å². The molecular formula is C52H52F4N8O6. The van der Waals surface area contributed by atoms with Crippen LogP contribution < -0.4 is 39.8 Å². The van der Waals surface area contributed by atoms with Crippen LogP contribution in [0.15, 0.2) is 119 Å². The van der Waals surface area contributed by atoms with Gasteiger partial charge in [-0.1, -0.05) is 36.4 Å². The summed E-state index contributed by atoms with van der Waals surface area (Å²) in [6, 6.07) is 28.5. The number of para-hydroxylation sites is 2. The number of halogens is 4. The quantitative estimate of drug-likeness (QED) is 0.115. The molecule has 0 saturated heterocycles. The number of anilines is 5. The Balaban J connectivity index is 0.000000206. The molecule has 1 unspecified atom stereocenters. The van der Waals surface area contributed by atoms with Gasteiger partial charge in [-0.05, 0) is 99.5 Å². The maximum Gasteiger partial charge on any atom is 0.344 e. The first-order valence-electron chi connectivity index (χ1n) is 22.0. The van der Waals surface area contributed by atoms with Crippen LogP contribution in [-0.4, -0.2) is 88.6 Å². The van der Waals surface area contributed by atoms with E-state index in [0.29, 0.717) is 62.0 Å². The van der Waals surface area contributed by atoms with Crippen molar-refractivity contribution in [1.82, 2.24) is 15.3 Å². The number of nitrogens with zero attached hydrogens (tertiary/aromatic N) is 5. The van der Waals surface area contributed by atoms with Crippen LogP contribution in [0.3, 0.4) is 0 Å². The van der Waals surface area contributed by atoms with Crippen molar-refractivity contribution in [2.75, 3.05) is 58.1 Å². The summed E-state index contributed by atoms with van der Waals surface area (Å²) in [6.07, 6.45) is 1.92. The molecule has 0 spiro atoms. The molecule has 70 heavy (non-hydrogen) atoms. The van der Waals surface area contributed by atoms with Crippen LogP contribution in [0, 0.1) is 23.3 Å². The zero-order valence-electron chi connectivity index (χ0n) is 39.7. The summed E-state index contributed by atoms with van der Waals surface area (Å²) >= 11 is 0. The Labute approximate surface area is 403 Å². The Morgan fingerprint density at radius 1 is 0.657 bits per heavy atom. The summed E-state index contributed by atoms with van der Waals surface area (Å²) in [5.41, 5.74) is 5.47. The molecule has 0 bridgehead atoms. The Bertz CT molecular complexity index is 2940. The van der Waals surface area contributed by atoms with Gasteiger partial charge in [-0.15, -0.1) is 0 Å². The molecule has 2 heterocycles. The Morgan fingerprint density at radius 3 is 1.69 bits per heavy atom. The molecule has 0 fully saturated rings. The zero-order chi connectivity index (χ0) is 50.2. The number of carbonyl (C=O) groups is 2. The number of methoxy groups -OCH3 is 4. The summed E-state index contributed by atoms with van der Waals surface area (Å²) < 4.78 is 79.7. The van der Waals surface area contributed by atoms with Crippen LogP contribution in [0.2, 0.25) is 0 Å². The molecule has 3 N–H and O–H groups in total. The normalized spacial score (nSPS) is 14.8. The summed E-state index contributed by atoms with van der Waals surface area (Å²) in [7, 11) is 8.76. The van der Waals surface area contributed by atoms with Gasteiger partial charge in [0, 0.05) is 59.0 Å². The molecule has 0 aliphatic carbocycles. The second-order valence-electron chi connectivity index (χ2n) is 16.2. The van der Waals surface area contributed by atoms with Gasteiger partial charge in [-0.25, -0.2) is 37.2 Å². The number of carbonyl (C=O) groups excluding carboxylic acids is 2. The van der Waals surface area contributed by atoms with E-state index in [4.69, 9.17) is 18.9 Å². The largest absolute Gasteiger partial charge is 0.493 e. The van der Waals surface area contributed by atoms with Gasteiger partial charge in [-0.2, -0.15) is 10.2 Å². The molecule has 6 aromatic carbocycles. The predicted molar refractivity (Wildman–Crippen MR) is 263 cm³/mol. The lowest BCUT2D eigenvalue weighted by Crippen LogP contribution is -2.43. The molecule has 14 nitrogen and oxygen atoms in total. The molecule has 0 radical (unpaired) electrons. The lowest BCUT2D eigenvalue weighted by atomic mass is 9.93. The fourth-order valence-corrected chi connectivity index (χ4v) is 7.98. The van der Waals surface area contributed by atoms with Gasteiger partial charge in [0.1, 0.15) is 11.6 Å². The first-order valence-corrected chi connectivity index (χ1v) is 22.0. The second-order valence-corrected chi connectivity index (χ2v) is 16.2. The lowest BCUT2D eigenvalue weighted by molar-refractivity contribution is 0.184. The van der Waals surface area contributed by atoms with Crippen LogP contribution in [-0.2, 0) is 12.8 Å². The highest BCUT2D eigenvalue weighted by atomic mass is 19.1. The third-order valence-electron chi connectivity index (χ3n) is 11.7. The third-order valence-corrected chi connectivity index (χ3v) is 11.7. The number of nitrogens with one attached hydrogen (secondary N) is 3. The summed E-state index contributed by atoms with van der Waals surface area (Å²) in [4.78, 5) is 27.3. The van der Waals surface area contributed by atoms with E-state index >= 15 is 8.78 Å². The van der Waals surface area contributed by atoms with E-state index in [1.807, 2.05) is 0 Å². The second kappa shape index (κ2) is 21.8. The third kappa shape index (κ3) is 10.4. The molecular weight excluding hydrogens is 909 g/mol. The van der Waals surface area contributed by atoms with Crippen molar-refractivity contribution in [3.8, 4) is 23.0 Å². The maximum absolute atomic E-state index is 15.6. The minimum Gasteiger partial charge on any atom is -0.493 e. The van der Waals surface area contributed by atoms with Gasteiger partial charge < -0.3 is 34.9 Å². The molecule has 18 heteroatoms. The molecule has 4 amide bonds. The monoisotopic (exact) mass is 960 g/mol. The van der Waals surface area contributed by atoms with E-state index in [9.17, 15) is 18.4 Å². The number of rotatable bonds is 10. The highest BCUT2D eigenvalue weighted by molar-refractivity contribution is 6.14. The fourth-order valence-electron chi connectivity index (χ4n) is 7.98. The van der Waals surface area contributed by atoms with Gasteiger partial charge in [0.05, 0.1) is 63.8 Å². The molecule has 364 valence electrons. The van der Waals surface area contributed by atoms with Crippen LogP contribution >= 0.6 is 0 Å². The SMILES string of the molecule is CNC(=O)N1N=C(c2ccc(Nc3ccccc3F)cc2)c2cc(OC)c(OC)c(F)c2C[C@@H]1C.COc1cc2c(c(F)c1OC)CC(C)N(C(=O)N(C)c1ccc(Nc3ccccc3F)cc1)N=C2. The maximum atomic E-state index is 15.6. The van der Waals surface area contributed by atoms with Gasteiger partial charge in [0.2, 0.25) is 0 Å². The summed E-state index contributed by atoms with van der Waals surface area (Å²) in [5, 5.41) is 20.2. The Hall–Kier alpha value is -8.28. The average molecular weight is 961 g/mol. The van der Waals surface area contributed by atoms with Crippen molar-refractivity contribution in [1.29, 1.82) is 0 Å². The van der Waals surface area contributed by atoms with Crippen LogP contribution in [0.5, 0.6) is 23.0 Å². The molecule has 2 aliphatic rings. The van der Waals surface area contributed by atoms with Crippen molar-refractivity contribution in [3.63, 3.8) is 0 Å². The van der Waals surface area contributed by atoms with E-state index < -0.39 is 29.7 Å². The van der Waals surface area contributed by atoms with Gasteiger partial charge in [-0.3, -0.25) is 4.90 Å². The van der Waals surface area contributed by atoms with Crippen molar-refractivity contribution in [2.45, 2.75) is 38.8 Å². The van der Waals surface area contributed by atoms with E-state index in [2.05, 4.69) is 26.2 Å². The van der Waals surface area contributed by atoms with E-state index in [-0.39, 0.29) is 53.5 Å². The summed E-state index contributed by atoms with van der Waals surface area (Å²) in [5.74, 6) is -1.32. The van der Waals surface area contributed by atoms with Crippen LogP contribution in [0.4, 0.5) is 55.6 Å². The van der Waals surface area contributed by atoms with Crippen molar-refractivity contribution < 1.29 is 46.1 Å². The van der Waals surface area contributed by atoms with Crippen LogP contribution in [0.1, 0.15) is 41.7 Å². The van der Waals surface area contributed by atoms with Crippen LogP contribution in [0.25, 0.3) is 0 Å². The van der Waals surface area contributed by atoms with E-state index in [1.54, 1.807) is 118 Å². The first kappa shape index (κ1) is 49.6. The summed E-state index contributed by atoms with van der Waals surface area (Å²) in [6.45, 7) is 3.60. The predicted octanol–water partition coefficient (Wildman–Crippen LogP) is 10.6. The van der Waals surface area contributed by atoms with Gasteiger partial charge in [0.15, 0.2) is 34.6 Å². The smallest absolute Gasteiger partial charge is 0.344 e. The van der Waals surface area contributed by atoms with Crippen molar-refractivity contribution in [3.05, 3.63) is 160 Å². The van der Waals surface area contributed by atoms with Gasteiger partial charge in [0.25, 0.3) is 0 Å². The molecule has 6 aromatic rings.